The van der Waals surface area contributed by atoms with Gasteiger partial charge in [0.25, 0.3) is 0 Å². The molecule has 0 bridgehead atoms. The Kier molecular flexibility index (Phi) is 4.87. The van der Waals surface area contributed by atoms with Crippen molar-refractivity contribution < 1.29 is 24.2 Å². The summed E-state index contributed by atoms with van der Waals surface area (Å²) in [5, 5.41) is 13.6. The molecule has 2 amide bonds. The van der Waals surface area contributed by atoms with Crippen LogP contribution in [0.3, 0.4) is 0 Å². The molecule has 102 valence electrons. The lowest BCUT2D eigenvalue weighted by Crippen LogP contribution is -2.26. The third-order valence-corrected chi connectivity index (χ3v) is 2.24. The number of carboxylic acid groups (broad SMARTS) is 1. The molecular weight excluding hydrogens is 252 g/mol. The van der Waals surface area contributed by atoms with Gasteiger partial charge in [-0.3, -0.25) is 0 Å². The molecule has 0 unspecified atom stereocenters. The van der Waals surface area contributed by atoms with Crippen LogP contribution >= 0.6 is 0 Å². The molecule has 0 aliphatic carbocycles. The third-order valence-electron chi connectivity index (χ3n) is 2.24. The predicted molar refractivity (Wildman–Crippen MR) is 67.4 cm³/mol. The van der Waals surface area contributed by atoms with Crippen LogP contribution in [0.5, 0.6) is 0 Å². The highest BCUT2D eigenvalue weighted by Crippen LogP contribution is 2.19. The molecule has 0 saturated heterocycles. The molecule has 3 N–H and O–H groups in total. The number of rotatable bonds is 4. The highest BCUT2D eigenvalue weighted by atomic mass is 16.5. The van der Waals surface area contributed by atoms with Crippen molar-refractivity contribution in [3.8, 4) is 0 Å². The van der Waals surface area contributed by atoms with E-state index in [1.54, 1.807) is 6.92 Å². The number of carboxylic acids is 1. The lowest BCUT2D eigenvalue weighted by molar-refractivity contribution is 0.0526. The number of urea groups is 1. The van der Waals surface area contributed by atoms with Gasteiger partial charge in [0.2, 0.25) is 0 Å². The fourth-order valence-corrected chi connectivity index (χ4v) is 1.35. The van der Waals surface area contributed by atoms with Crippen LogP contribution in [-0.4, -0.2) is 36.7 Å². The van der Waals surface area contributed by atoms with Gasteiger partial charge in [-0.15, -0.1) is 0 Å². The van der Waals surface area contributed by atoms with Crippen molar-refractivity contribution in [3.63, 3.8) is 0 Å². The van der Waals surface area contributed by atoms with Crippen LogP contribution in [-0.2, 0) is 4.74 Å². The van der Waals surface area contributed by atoms with Crippen molar-refractivity contribution in [2.24, 2.45) is 0 Å². The lowest BCUT2D eigenvalue weighted by Gasteiger charge is -2.11. The topological polar surface area (TPSA) is 105 Å². The van der Waals surface area contributed by atoms with Crippen LogP contribution in [0.15, 0.2) is 18.2 Å². The van der Waals surface area contributed by atoms with Crippen LogP contribution in [0.2, 0.25) is 0 Å². The van der Waals surface area contributed by atoms with Crippen molar-refractivity contribution in [1.29, 1.82) is 0 Å². The van der Waals surface area contributed by atoms with Gasteiger partial charge in [0, 0.05) is 7.05 Å². The first-order valence-corrected chi connectivity index (χ1v) is 5.52. The van der Waals surface area contributed by atoms with Crippen LogP contribution in [0.25, 0.3) is 0 Å². The van der Waals surface area contributed by atoms with E-state index in [1.165, 1.54) is 25.2 Å². The molecule has 0 heterocycles. The van der Waals surface area contributed by atoms with Gasteiger partial charge in [0.15, 0.2) is 0 Å². The Labute approximate surface area is 109 Å². The Morgan fingerprint density at radius 1 is 1.32 bits per heavy atom. The van der Waals surface area contributed by atoms with Crippen molar-refractivity contribution in [2.45, 2.75) is 6.92 Å². The van der Waals surface area contributed by atoms with Gasteiger partial charge in [-0.25, -0.2) is 14.4 Å². The minimum Gasteiger partial charge on any atom is -0.478 e. The quantitative estimate of drug-likeness (QED) is 0.713. The summed E-state index contributed by atoms with van der Waals surface area (Å²) in [7, 11) is 1.40. The molecule has 0 aromatic heterocycles. The predicted octanol–water partition coefficient (Wildman–Crippen LogP) is 1.31. The zero-order chi connectivity index (χ0) is 14.4. The third kappa shape index (κ3) is 3.70. The zero-order valence-electron chi connectivity index (χ0n) is 10.5. The Morgan fingerprint density at radius 3 is 2.53 bits per heavy atom. The second kappa shape index (κ2) is 6.39. The van der Waals surface area contributed by atoms with Gasteiger partial charge in [0.05, 0.1) is 23.4 Å². The van der Waals surface area contributed by atoms with E-state index in [-0.39, 0.29) is 23.4 Å². The van der Waals surface area contributed by atoms with E-state index >= 15 is 0 Å². The van der Waals surface area contributed by atoms with Crippen molar-refractivity contribution in [2.75, 3.05) is 19.0 Å². The molecule has 0 spiro atoms. The van der Waals surface area contributed by atoms with Gasteiger partial charge < -0.3 is 20.5 Å². The Hall–Kier alpha value is -2.57. The summed E-state index contributed by atoms with van der Waals surface area (Å²) in [6, 6.07) is 3.20. The summed E-state index contributed by atoms with van der Waals surface area (Å²) >= 11 is 0. The first-order chi connectivity index (χ1) is 8.99. The monoisotopic (exact) mass is 266 g/mol. The van der Waals surface area contributed by atoms with E-state index in [0.717, 1.165) is 0 Å². The summed E-state index contributed by atoms with van der Waals surface area (Å²) in [4.78, 5) is 33.8. The van der Waals surface area contributed by atoms with Crippen molar-refractivity contribution >= 4 is 23.7 Å². The number of amides is 2. The van der Waals surface area contributed by atoms with Gasteiger partial charge in [0.1, 0.15) is 0 Å². The first-order valence-electron chi connectivity index (χ1n) is 5.52. The standard InChI is InChI=1S/C12H14N2O5/c1-3-19-11(17)8-5-4-7(10(15)16)6-9(8)14-12(18)13-2/h4-6H,3H2,1-2H3,(H,15,16)(H2,13,14,18). The SMILES string of the molecule is CCOC(=O)c1ccc(C(=O)O)cc1NC(=O)NC. The number of ether oxygens (including phenoxy) is 1. The number of carbonyl (C=O) groups excluding carboxylic acids is 2. The maximum atomic E-state index is 11.7. The molecule has 0 radical (unpaired) electrons. The fraction of sp³-hybridized carbons (Fsp3) is 0.250. The Bertz CT molecular complexity index is 513. The number of benzene rings is 1. The van der Waals surface area contributed by atoms with Crippen LogP contribution in [0, 0.1) is 0 Å². The molecule has 1 aromatic rings. The number of hydrogen-bond donors (Lipinski definition) is 3. The number of nitrogens with one attached hydrogen (secondary N) is 2. The van der Waals surface area contributed by atoms with Crippen LogP contribution in [0.1, 0.15) is 27.6 Å². The summed E-state index contributed by atoms with van der Waals surface area (Å²) < 4.78 is 4.83. The van der Waals surface area contributed by atoms with E-state index in [2.05, 4.69) is 10.6 Å². The molecule has 19 heavy (non-hydrogen) atoms. The molecular formula is C12H14N2O5. The minimum absolute atomic E-state index is 0.0422. The Balaban J connectivity index is 3.18. The number of hydrogen-bond acceptors (Lipinski definition) is 4. The molecule has 0 aliphatic rings. The van der Waals surface area contributed by atoms with E-state index in [4.69, 9.17) is 9.84 Å². The molecule has 7 nitrogen and oxygen atoms in total. The lowest BCUT2D eigenvalue weighted by atomic mass is 10.1. The van der Waals surface area contributed by atoms with Crippen LogP contribution in [0.4, 0.5) is 10.5 Å². The molecule has 7 heteroatoms. The van der Waals surface area contributed by atoms with Crippen molar-refractivity contribution in [3.05, 3.63) is 29.3 Å². The van der Waals surface area contributed by atoms with Gasteiger partial charge in [-0.2, -0.15) is 0 Å². The van der Waals surface area contributed by atoms with Gasteiger partial charge in [-0.1, -0.05) is 0 Å². The average molecular weight is 266 g/mol. The second-order valence-electron chi connectivity index (χ2n) is 3.49. The fourth-order valence-electron chi connectivity index (χ4n) is 1.35. The maximum absolute atomic E-state index is 11.7. The highest BCUT2D eigenvalue weighted by molar-refractivity contribution is 6.02. The van der Waals surface area contributed by atoms with Crippen molar-refractivity contribution in [1.82, 2.24) is 5.32 Å². The number of anilines is 1. The zero-order valence-corrected chi connectivity index (χ0v) is 10.5. The largest absolute Gasteiger partial charge is 0.478 e. The normalized spacial score (nSPS) is 9.58. The summed E-state index contributed by atoms with van der Waals surface area (Å²) in [6.45, 7) is 1.83. The van der Waals surface area contributed by atoms with Gasteiger partial charge in [-0.05, 0) is 25.1 Å². The first kappa shape index (κ1) is 14.5. The molecule has 0 aliphatic heterocycles. The second-order valence-corrected chi connectivity index (χ2v) is 3.49. The Morgan fingerprint density at radius 2 is 2.00 bits per heavy atom. The van der Waals surface area contributed by atoms with Crippen LogP contribution < -0.4 is 10.6 Å². The summed E-state index contributed by atoms with van der Waals surface area (Å²) in [5.74, 6) is -1.79. The van der Waals surface area contributed by atoms with Gasteiger partial charge >= 0.3 is 18.0 Å². The van der Waals surface area contributed by atoms with E-state index in [9.17, 15) is 14.4 Å². The summed E-state index contributed by atoms with van der Waals surface area (Å²) in [6.07, 6.45) is 0. The molecule has 0 fully saturated rings. The molecule has 0 atom stereocenters. The smallest absolute Gasteiger partial charge is 0.340 e. The minimum atomic E-state index is -1.16. The molecule has 0 saturated carbocycles. The molecule has 1 aromatic carbocycles. The molecule has 1 rings (SSSR count). The summed E-state index contributed by atoms with van der Waals surface area (Å²) in [5.41, 5.74) is 0.132. The number of aromatic carboxylic acids is 1. The van der Waals surface area contributed by atoms with E-state index in [0.29, 0.717) is 0 Å². The van der Waals surface area contributed by atoms with E-state index < -0.39 is 18.0 Å². The highest BCUT2D eigenvalue weighted by Gasteiger charge is 2.16. The average Bonchev–Trinajstić information content (AvgIpc) is 2.38. The van der Waals surface area contributed by atoms with E-state index in [1.807, 2.05) is 0 Å². The maximum Gasteiger partial charge on any atom is 0.340 e. The number of esters is 1. The number of carbonyl (C=O) groups is 3.